The van der Waals surface area contributed by atoms with Gasteiger partial charge in [0.15, 0.2) is 0 Å². The van der Waals surface area contributed by atoms with Crippen molar-refractivity contribution in [2.75, 3.05) is 42.6 Å². The van der Waals surface area contributed by atoms with Crippen molar-refractivity contribution in [1.82, 2.24) is 19.8 Å². The molecule has 1 N–H and O–H groups in total. The van der Waals surface area contributed by atoms with E-state index in [0.717, 1.165) is 71.8 Å². The van der Waals surface area contributed by atoms with Crippen molar-refractivity contribution < 1.29 is 9.18 Å². The molecule has 2 aromatic carbocycles. The monoisotopic (exact) mass is 609 g/mol. The molecule has 4 heterocycles. The number of thioether (sulfide) groups is 1. The molecule has 10 heteroatoms. The molecule has 1 saturated heterocycles. The number of anilines is 1. The lowest BCUT2D eigenvalue weighted by Crippen LogP contribution is -2.34. The number of carbonyl (C=O) groups excluding carboxylic acids is 1. The van der Waals surface area contributed by atoms with E-state index in [4.69, 9.17) is 23.2 Å². The van der Waals surface area contributed by atoms with Crippen molar-refractivity contribution in [1.29, 1.82) is 0 Å². The predicted molar refractivity (Wildman–Crippen MR) is 168 cm³/mol. The summed E-state index contributed by atoms with van der Waals surface area (Å²) in [6.07, 6.45) is 6.36. The van der Waals surface area contributed by atoms with Crippen LogP contribution in [-0.2, 0) is 19.5 Å². The summed E-state index contributed by atoms with van der Waals surface area (Å²) >= 11 is 13.9. The lowest BCUT2D eigenvalue weighted by Gasteiger charge is -2.29. The molecule has 2 aliphatic rings. The molecule has 1 fully saturated rings. The third-order valence-corrected chi connectivity index (χ3v) is 9.10. The zero-order valence-corrected chi connectivity index (χ0v) is 24.8. The first-order valence-corrected chi connectivity index (χ1v) is 15.6. The first-order chi connectivity index (χ1) is 20.0. The number of hydrogen-bond donors (Lipinski definition) is 1. The van der Waals surface area contributed by atoms with E-state index >= 15 is 0 Å². The van der Waals surface area contributed by atoms with E-state index in [1.165, 1.54) is 17.3 Å². The average molecular weight is 611 g/mol. The number of fused-ring (bicyclic) bond motifs is 3. The van der Waals surface area contributed by atoms with Gasteiger partial charge in [-0.3, -0.25) is 9.47 Å². The Morgan fingerprint density at radius 1 is 1.07 bits per heavy atom. The summed E-state index contributed by atoms with van der Waals surface area (Å²) in [5.74, 6) is 1.82. The lowest BCUT2D eigenvalue weighted by atomic mass is 10.0. The highest BCUT2D eigenvalue weighted by molar-refractivity contribution is 7.99. The summed E-state index contributed by atoms with van der Waals surface area (Å²) in [5.41, 5.74) is 6.03. The number of aromatic nitrogens is 2. The van der Waals surface area contributed by atoms with Crippen LogP contribution in [0.5, 0.6) is 0 Å². The molecule has 2 aromatic heterocycles. The zero-order chi connectivity index (χ0) is 28.3. The SMILES string of the molecule is O=C(NCc1ccnc(Cl)c1)n1c2c(c3cc(N4CCSCC4)ccc31)CN(C/C=C/c1ccc(Cl)c(F)c1)CC2. The minimum absolute atomic E-state index is 0.124. The molecule has 0 spiro atoms. The third-order valence-electron chi connectivity index (χ3n) is 7.64. The number of benzene rings is 2. The van der Waals surface area contributed by atoms with Crippen LogP contribution in [0.2, 0.25) is 10.2 Å². The molecule has 41 heavy (non-hydrogen) atoms. The minimum Gasteiger partial charge on any atom is -0.370 e. The van der Waals surface area contributed by atoms with Gasteiger partial charge in [0.1, 0.15) is 11.0 Å². The number of rotatable bonds is 6. The second-order valence-corrected chi connectivity index (χ2v) is 12.3. The number of amides is 1. The maximum atomic E-state index is 13.9. The molecule has 0 saturated carbocycles. The van der Waals surface area contributed by atoms with Gasteiger partial charge in [-0.05, 0) is 59.2 Å². The Balaban J connectivity index is 1.28. The Hall–Kier alpha value is -3.04. The second-order valence-electron chi connectivity index (χ2n) is 10.3. The first-order valence-electron chi connectivity index (χ1n) is 13.7. The first kappa shape index (κ1) is 28.1. The van der Waals surface area contributed by atoms with Gasteiger partial charge in [0, 0.05) is 80.2 Å². The van der Waals surface area contributed by atoms with Crippen LogP contribution < -0.4 is 10.2 Å². The summed E-state index contributed by atoms with van der Waals surface area (Å²) < 4.78 is 15.7. The Morgan fingerprint density at radius 2 is 1.93 bits per heavy atom. The molecule has 6 nitrogen and oxygen atoms in total. The zero-order valence-electron chi connectivity index (χ0n) is 22.5. The molecule has 4 aromatic rings. The van der Waals surface area contributed by atoms with Crippen LogP contribution in [0.15, 0.2) is 60.8 Å². The lowest BCUT2D eigenvalue weighted by molar-refractivity contribution is 0.240. The molecule has 2 aliphatic heterocycles. The summed E-state index contributed by atoms with van der Waals surface area (Å²) in [5, 5.41) is 4.72. The Kier molecular flexibility index (Phi) is 8.53. The van der Waals surface area contributed by atoms with Gasteiger partial charge in [0.25, 0.3) is 0 Å². The molecule has 0 radical (unpaired) electrons. The molecule has 6 rings (SSSR count). The molecule has 212 valence electrons. The predicted octanol–water partition coefficient (Wildman–Crippen LogP) is 6.86. The van der Waals surface area contributed by atoms with Crippen LogP contribution in [0.4, 0.5) is 14.9 Å². The number of nitrogens with one attached hydrogen (secondary N) is 1. The third kappa shape index (κ3) is 6.26. The Morgan fingerprint density at radius 3 is 2.73 bits per heavy atom. The van der Waals surface area contributed by atoms with Crippen LogP contribution in [0.3, 0.4) is 0 Å². The Bertz CT molecular complexity index is 1620. The van der Waals surface area contributed by atoms with Gasteiger partial charge >= 0.3 is 6.03 Å². The molecular formula is C31H30Cl2FN5OS. The highest BCUT2D eigenvalue weighted by atomic mass is 35.5. The highest BCUT2D eigenvalue weighted by Gasteiger charge is 2.27. The smallest absolute Gasteiger partial charge is 0.326 e. The van der Waals surface area contributed by atoms with Crippen molar-refractivity contribution in [3.8, 4) is 0 Å². The maximum absolute atomic E-state index is 13.9. The standard InChI is InChI=1S/C31H30Cl2FN5OS/c32-26-5-3-21(16-27(26)34)2-1-10-37-11-8-29-25(20-37)24-18-23(38-12-14-41-15-13-38)4-6-28(24)39(29)31(40)36-19-22-7-9-35-30(33)17-22/h1-7,9,16-18H,8,10-15,19-20H2,(H,36,40)/b2-1+. The summed E-state index contributed by atoms with van der Waals surface area (Å²) in [7, 11) is 0. The fourth-order valence-electron chi connectivity index (χ4n) is 5.57. The van der Waals surface area contributed by atoms with Crippen molar-refractivity contribution >= 4 is 63.7 Å². The summed E-state index contributed by atoms with van der Waals surface area (Å²) in [4.78, 5) is 22.4. The molecule has 0 atom stereocenters. The molecule has 0 bridgehead atoms. The number of pyridine rings is 1. The van der Waals surface area contributed by atoms with Gasteiger partial charge < -0.3 is 10.2 Å². The largest absolute Gasteiger partial charge is 0.370 e. The van der Waals surface area contributed by atoms with Crippen LogP contribution in [0.1, 0.15) is 22.4 Å². The van der Waals surface area contributed by atoms with Gasteiger partial charge in [0.05, 0.1) is 10.5 Å². The van der Waals surface area contributed by atoms with Gasteiger partial charge in [-0.2, -0.15) is 11.8 Å². The number of halogens is 3. The van der Waals surface area contributed by atoms with E-state index in [1.807, 2.05) is 34.5 Å². The van der Waals surface area contributed by atoms with E-state index in [1.54, 1.807) is 18.3 Å². The molecule has 1 amide bonds. The van der Waals surface area contributed by atoms with Crippen LogP contribution in [-0.4, -0.2) is 58.2 Å². The summed E-state index contributed by atoms with van der Waals surface area (Å²) in [6, 6.07) is 14.8. The molecular weight excluding hydrogens is 580 g/mol. The van der Waals surface area contributed by atoms with Gasteiger partial charge in [0.2, 0.25) is 0 Å². The van der Waals surface area contributed by atoms with Gasteiger partial charge in [-0.25, -0.2) is 14.2 Å². The van der Waals surface area contributed by atoms with Gasteiger partial charge in [-0.15, -0.1) is 0 Å². The fourth-order valence-corrected chi connectivity index (χ4v) is 6.79. The van der Waals surface area contributed by atoms with E-state index in [9.17, 15) is 9.18 Å². The Labute approximate surface area is 253 Å². The van der Waals surface area contributed by atoms with E-state index in [2.05, 4.69) is 44.4 Å². The van der Waals surface area contributed by atoms with Crippen molar-refractivity contribution in [3.63, 3.8) is 0 Å². The maximum Gasteiger partial charge on any atom is 0.326 e. The molecule has 0 aliphatic carbocycles. The normalized spacial score (nSPS) is 15.9. The van der Waals surface area contributed by atoms with Crippen molar-refractivity contribution in [3.05, 3.63) is 99.2 Å². The van der Waals surface area contributed by atoms with E-state index in [-0.39, 0.29) is 11.1 Å². The van der Waals surface area contributed by atoms with Crippen LogP contribution >= 0.6 is 35.0 Å². The molecule has 0 unspecified atom stereocenters. The van der Waals surface area contributed by atoms with E-state index < -0.39 is 5.82 Å². The fraction of sp³-hybridized carbons (Fsp3) is 0.290. The minimum atomic E-state index is -0.419. The second kappa shape index (κ2) is 12.4. The van der Waals surface area contributed by atoms with Gasteiger partial charge in [-0.1, -0.05) is 41.4 Å². The highest BCUT2D eigenvalue weighted by Crippen LogP contribution is 2.34. The van der Waals surface area contributed by atoms with Crippen LogP contribution in [0.25, 0.3) is 17.0 Å². The topological polar surface area (TPSA) is 53.4 Å². The van der Waals surface area contributed by atoms with Crippen LogP contribution in [0, 0.1) is 5.82 Å². The van der Waals surface area contributed by atoms with E-state index in [0.29, 0.717) is 18.2 Å². The number of nitrogens with zero attached hydrogens (tertiary/aromatic N) is 4. The van der Waals surface area contributed by atoms with Crippen molar-refractivity contribution in [2.24, 2.45) is 0 Å². The van der Waals surface area contributed by atoms with Crippen molar-refractivity contribution in [2.45, 2.75) is 19.5 Å². The quantitative estimate of drug-likeness (QED) is 0.242. The number of hydrogen-bond acceptors (Lipinski definition) is 5. The average Bonchev–Trinajstić information content (AvgIpc) is 3.31. The number of carbonyl (C=O) groups is 1. The summed E-state index contributed by atoms with van der Waals surface area (Å²) in [6.45, 7) is 4.67.